The average molecular weight is 449 g/mol. The van der Waals surface area contributed by atoms with E-state index in [9.17, 15) is 9.59 Å². The molecule has 2 heterocycles. The molecule has 4 rings (SSSR count). The molecule has 0 aliphatic rings. The lowest BCUT2D eigenvalue weighted by Gasteiger charge is -2.09. The maximum atomic E-state index is 12.8. The molecule has 32 heavy (non-hydrogen) atoms. The van der Waals surface area contributed by atoms with Gasteiger partial charge in [0.15, 0.2) is 28.9 Å². The first-order valence-electron chi connectivity index (χ1n) is 10.2. The minimum atomic E-state index is -0.164. The standard InChI is InChI=1S/C25H24N2O4S/c1-15-6-5-7-17-18(14-32-24(15)17)19-13-26-25(27(19)2)21(29)10-9-20(28)16-8-11-22(30-3)23(12-16)31-4/h5-8,11-14H,9-10H2,1-4H3. The third-order valence-corrected chi connectivity index (χ3v) is 6.73. The minimum absolute atomic E-state index is 0.0843. The van der Waals surface area contributed by atoms with Crippen LogP contribution in [0.1, 0.15) is 39.4 Å². The first-order chi connectivity index (χ1) is 15.4. The molecule has 2 aromatic carbocycles. The first kappa shape index (κ1) is 21.8. The van der Waals surface area contributed by atoms with E-state index in [1.807, 2.05) is 17.7 Å². The number of imidazole rings is 1. The molecule has 6 nitrogen and oxygen atoms in total. The lowest BCUT2D eigenvalue weighted by Crippen LogP contribution is -2.11. The number of hydrogen-bond donors (Lipinski definition) is 0. The van der Waals surface area contributed by atoms with Crippen molar-refractivity contribution in [1.82, 2.24) is 9.55 Å². The Morgan fingerprint density at radius 1 is 1.03 bits per heavy atom. The van der Waals surface area contributed by atoms with Gasteiger partial charge in [-0.25, -0.2) is 4.98 Å². The highest BCUT2D eigenvalue weighted by molar-refractivity contribution is 7.18. The average Bonchev–Trinajstić information content (AvgIpc) is 3.40. The summed E-state index contributed by atoms with van der Waals surface area (Å²) in [7, 11) is 4.90. The van der Waals surface area contributed by atoms with Gasteiger partial charge in [-0.15, -0.1) is 11.3 Å². The van der Waals surface area contributed by atoms with Gasteiger partial charge in [0.2, 0.25) is 0 Å². The van der Waals surface area contributed by atoms with Crippen molar-refractivity contribution < 1.29 is 19.1 Å². The normalized spacial score (nSPS) is 11.0. The van der Waals surface area contributed by atoms with E-state index >= 15 is 0 Å². The van der Waals surface area contributed by atoms with Gasteiger partial charge in [-0.05, 0) is 30.7 Å². The van der Waals surface area contributed by atoms with E-state index in [1.165, 1.54) is 17.4 Å². The van der Waals surface area contributed by atoms with Crippen LogP contribution in [-0.2, 0) is 7.05 Å². The number of carbonyl (C=O) groups is 2. The Kier molecular flexibility index (Phi) is 6.10. The Morgan fingerprint density at radius 2 is 1.78 bits per heavy atom. The number of hydrogen-bond acceptors (Lipinski definition) is 6. The van der Waals surface area contributed by atoms with E-state index in [0.717, 1.165) is 16.6 Å². The zero-order valence-corrected chi connectivity index (χ0v) is 19.3. The second-order valence-electron chi connectivity index (χ2n) is 7.54. The number of rotatable bonds is 8. The van der Waals surface area contributed by atoms with E-state index in [4.69, 9.17) is 9.47 Å². The molecular weight excluding hydrogens is 424 g/mol. The number of methoxy groups -OCH3 is 2. The van der Waals surface area contributed by atoms with Crippen molar-refractivity contribution in [1.29, 1.82) is 0 Å². The van der Waals surface area contributed by atoms with Gasteiger partial charge in [0.1, 0.15) is 0 Å². The molecule has 0 atom stereocenters. The molecule has 0 radical (unpaired) electrons. The third kappa shape index (κ3) is 3.91. The van der Waals surface area contributed by atoms with Crippen LogP contribution in [0.3, 0.4) is 0 Å². The largest absolute Gasteiger partial charge is 0.493 e. The molecule has 0 aliphatic heterocycles. The van der Waals surface area contributed by atoms with Gasteiger partial charge in [0.25, 0.3) is 0 Å². The topological polar surface area (TPSA) is 70.4 Å². The number of aryl methyl sites for hydroxylation is 1. The molecule has 164 valence electrons. The van der Waals surface area contributed by atoms with Gasteiger partial charge in [0.05, 0.1) is 26.1 Å². The summed E-state index contributed by atoms with van der Waals surface area (Å²) < 4.78 is 13.5. The predicted molar refractivity (Wildman–Crippen MR) is 126 cm³/mol. The summed E-state index contributed by atoms with van der Waals surface area (Å²) in [5.41, 5.74) is 3.66. The molecule has 0 saturated heterocycles. The second kappa shape index (κ2) is 8.96. The molecule has 0 spiro atoms. The molecule has 0 amide bonds. The summed E-state index contributed by atoms with van der Waals surface area (Å²) in [6.45, 7) is 2.09. The van der Waals surface area contributed by atoms with Crippen LogP contribution in [-0.4, -0.2) is 35.3 Å². The second-order valence-corrected chi connectivity index (χ2v) is 8.42. The zero-order valence-electron chi connectivity index (χ0n) is 18.5. The van der Waals surface area contributed by atoms with Gasteiger partial charge in [-0.3, -0.25) is 9.59 Å². The SMILES string of the molecule is COc1ccc(C(=O)CCC(=O)c2ncc(-c3csc4c(C)cccc34)n2C)cc1OC. The number of Topliss-reactive ketones (excluding diaryl/α,β-unsaturated/α-hetero) is 2. The van der Waals surface area contributed by atoms with Crippen LogP contribution in [0, 0.1) is 6.92 Å². The van der Waals surface area contributed by atoms with Crippen molar-refractivity contribution in [3.05, 3.63) is 64.9 Å². The molecule has 0 unspecified atom stereocenters. The van der Waals surface area contributed by atoms with E-state index in [2.05, 4.69) is 29.4 Å². The number of fused-ring (bicyclic) bond motifs is 1. The molecule has 0 bridgehead atoms. The van der Waals surface area contributed by atoms with Crippen molar-refractivity contribution >= 4 is 33.0 Å². The summed E-state index contributed by atoms with van der Waals surface area (Å²) in [4.78, 5) is 29.8. The first-order valence-corrected chi connectivity index (χ1v) is 11.1. The van der Waals surface area contributed by atoms with Crippen LogP contribution >= 0.6 is 11.3 Å². The number of aromatic nitrogens is 2. The highest BCUT2D eigenvalue weighted by Gasteiger charge is 2.19. The molecule has 7 heteroatoms. The van der Waals surface area contributed by atoms with Crippen LogP contribution in [0.2, 0.25) is 0 Å². The van der Waals surface area contributed by atoms with E-state index < -0.39 is 0 Å². The monoisotopic (exact) mass is 448 g/mol. The summed E-state index contributed by atoms with van der Waals surface area (Å²) in [6.07, 6.45) is 1.91. The molecule has 0 fully saturated rings. The quantitative estimate of drug-likeness (QED) is 0.334. The molecule has 4 aromatic rings. The van der Waals surface area contributed by atoms with Crippen molar-refractivity contribution in [3.8, 4) is 22.8 Å². The number of ether oxygens (including phenoxy) is 2. The van der Waals surface area contributed by atoms with Crippen molar-refractivity contribution in [3.63, 3.8) is 0 Å². The summed E-state index contributed by atoms with van der Waals surface area (Å²) in [6, 6.07) is 11.2. The Balaban J connectivity index is 1.51. The number of carbonyl (C=O) groups excluding carboxylic acids is 2. The number of benzene rings is 2. The van der Waals surface area contributed by atoms with Gasteiger partial charge in [-0.2, -0.15) is 0 Å². The maximum Gasteiger partial charge on any atom is 0.198 e. The lowest BCUT2D eigenvalue weighted by molar-refractivity contribution is 0.0910. The Morgan fingerprint density at radius 3 is 2.53 bits per heavy atom. The molecule has 0 N–H and O–H groups in total. The fourth-order valence-corrected chi connectivity index (χ4v) is 4.85. The van der Waals surface area contributed by atoms with Crippen LogP contribution in [0.25, 0.3) is 21.3 Å². The van der Waals surface area contributed by atoms with Gasteiger partial charge in [-0.1, -0.05) is 18.2 Å². The van der Waals surface area contributed by atoms with Crippen LogP contribution in [0.15, 0.2) is 48.0 Å². The number of nitrogens with zero attached hydrogens (tertiary/aromatic N) is 2. The van der Waals surface area contributed by atoms with Crippen molar-refractivity contribution in [2.24, 2.45) is 7.05 Å². The minimum Gasteiger partial charge on any atom is -0.493 e. The van der Waals surface area contributed by atoms with Crippen molar-refractivity contribution in [2.75, 3.05) is 14.2 Å². The summed E-state index contributed by atoms with van der Waals surface area (Å²) in [5.74, 6) is 1.09. The predicted octanol–water partition coefficient (Wildman–Crippen LogP) is 5.47. The van der Waals surface area contributed by atoms with Gasteiger partial charge >= 0.3 is 0 Å². The lowest BCUT2D eigenvalue weighted by atomic mass is 10.0. The maximum absolute atomic E-state index is 12.8. The smallest absolute Gasteiger partial charge is 0.198 e. The summed E-state index contributed by atoms with van der Waals surface area (Å²) in [5, 5.41) is 3.25. The molecule has 0 saturated carbocycles. The highest BCUT2D eigenvalue weighted by Crippen LogP contribution is 2.36. The van der Waals surface area contributed by atoms with E-state index in [1.54, 1.807) is 42.8 Å². The molecule has 2 aromatic heterocycles. The highest BCUT2D eigenvalue weighted by atomic mass is 32.1. The fraction of sp³-hybridized carbons (Fsp3) is 0.240. The third-order valence-electron chi connectivity index (χ3n) is 5.59. The Bertz CT molecular complexity index is 1320. The summed E-state index contributed by atoms with van der Waals surface area (Å²) >= 11 is 1.69. The Hall–Kier alpha value is -3.45. The van der Waals surface area contributed by atoms with Crippen LogP contribution < -0.4 is 9.47 Å². The molecule has 0 aliphatic carbocycles. The van der Waals surface area contributed by atoms with E-state index in [-0.39, 0.29) is 24.4 Å². The van der Waals surface area contributed by atoms with Crippen molar-refractivity contribution in [2.45, 2.75) is 19.8 Å². The molecular formula is C25H24N2O4S. The van der Waals surface area contributed by atoms with Gasteiger partial charge in [0, 0.05) is 46.5 Å². The Labute approximate surface area is 190 Å². The van der Waals surface area contributed by atoms with Crippen LogP contribution in [0.4, 0.5) is 0 Å². The van der Waals surface area contributed by atoms with Crippen LogP contribution in [0.5, 0.6) is 11.5 Å². The number of thiophene rings is 1. The number of ketones is 2. The van der Waals surface area contributed by atoms with Gasteiger partial charge < -0.3 is 14.0 Å². The van der Waals surface area contributed by atoms with E-state index in [0.29, 0.717) is 22.9 Å². The zero-order chi connectivity index (χ0) is 22.8. The fourth-order valence-electron chi connectivity index (χ4n) is 3.81.